The molecule has 0 atom stereocenters. The van der Waals surface area contributed by atoms with Crippen LogP contribution in [0.1, 0.15) is 21.7 Å². The Morgan fingerprint density at radius 1 is 1.09 bits per heavy atom. The summed E-state index contributed by atoms with van der Waals surface area (Å²) in [5.41, 5.74) is 3.17. The van der Waals surface area contributed by atoms with E-state index in [9.17, 15) is 4.79 Å². The Hall–Kier alpha value is -3.97. The molecule has 5 aromatic rings. The van der Waals surface area contributed by atoms with E-state index in [0.29, 0.717) is 38.8 Å². The quantitative estimate of drug-likeness (QED) is 0.346. The van der Waals surface area contributed by atoms with Gasteiger partial charge in [-0.1, -0.05) is 22.8 Å². The number of aromatic nitrogens is 3. The fourth-order valence-corrected chi connectivity index (χ4v) is 3.64. The second-order valence-corrected chi connectivity index (χ2v) is 7.61. The number of anilines is 1. The first kappa shape index (κ1) is 20.0. The standard InChI is InChI=1S/C24H17ClN4O3/c1-15-22-19(13-20(21-6-4-12-31-21)27-23(22)32-28-15)24(30)29(14-17-5-2-3-11-26-17)18-9-7-16(25)8-10-18/h2-13H,14H2,1H3. The number of furan rings is 1. The Kier molecular flexibility index (Phi) is 5.17. The Balaban J connectivity index is 1.66. The van der Waals surface area contributed by atoms with E-state index in [4.69, 9.17) is 20.5 Å². The van der Waals surface area contributed by atoms with Crippen molar-refractivity contribution in [3.8, 4) is 11.5 Å². The van der Waals surface area contributed by atoms with Crippen molar-refractivity contribution in [2.75, 3.05) is 4.90 Å². The molecule has 0 aliphatic heterocycles. The number of amides is 1. The van der Waals surface area contributed by atoms with Crippen molar-refractivity contribution in [1.29, 1.82) is 0 Å². The van der Waals surface area contributed by atoms with Gasteiger partial charge in [-0.25, -0.2) is 4.98 Å². The molecule has 1 aromatic carbocycles. The highest BCUT2D eigenvalue weighted by molar-refractivity contribution is 6.30. The summed E-state index contributed by atoms with van der Waals surface area (Å²) < 4.78 is 10.9. The molecule has 0 N–H and O–H groups in total. The van der Waals surface area contributed by atoms with Gasteiger partial charge in [-0.05, 0) is 61.5 Å². The van der Waals surface area contributed by atoms with Gasteiger partial charge in [0.15, 0.2) is 5.76 Å². The highest BCUT2D eigenvalue weighted by atomic mass is 35.5. The van der Waals surface area contributed by atoms with Crippen LogP contribution in [-0.4, -0.2) is 21.0 Å². The van der Waals surface area contributed by atoms with Gasteiger partial charge in [0.05, 0.1) is 35.1 Å². The zero-order valence-electron chi connectivity index (χ0n) is 17.0. The number of hydrogen-bond acceptors (Lipinski definition) is 6. The third-order valence-electron chi connectivity index (χ3n) is 5.05. The number of fused-ring (bicyclic) bond motifs is 1. The Morgan fingerprint density at radius 3 is 2.66 bits per heavy atom. The zero-order valence-corrected chi connectivity index (χ0v) is 17.8. The molecule has 0 saturated heterocycles. The second kappa shape index (κ2) is 8.28. The first-order valence-corrected chi connectivity index (χ1v) is 10.3. The third kappa shape index (κ3) is 3.74. The molecule has 32 heavy (non-hydrogen) atoms. The lowest BCUT2D eigenvalue weighted by Gasteiger charge is -2.23. The fourth-order valence-electron chi connectivity index (χ4n) is 3.51. The number of rotatable bonds is 5. The maximum atomic E-state index is 14.0. The van der Waals surface area contributed by atoms with Gasteiger partial charge in [0.25, 0.3) is 11.6 Å². The molecular formula is C24H17ClN4O3. The third-order valence-corrected chi connectivity index (χ3v) is 5.30. The summed E-state index contributed by atoms with van der Waals surface area (Å²) in [5, 5.41) is 5.16. The largest absolute Gasteiger partial charge is 0.463 e. The Labute approximate surface area is 188 Å². The molecule has 4 heterocycles. The highest BCUT2D eigenvalue weighted by Crippen LogP contribution is 2.30. The highest BCUT2D eigenvalue weighted by Gasteiger charge is 2.25. The van der Waals surface area contributed by atoms with Gasteiger partial charge in [0.1, 0.15) is 5.69 Å². The number of carbonyl (C=O) groups is 1. The topological polar surface area (TPSA) is 85.3 Å². The summed E-state index contributed by atoms with van der Waals surface area (Å²) in [6.45, 7) is 2.05. The van der Waals surface area contributed by atoms with Crippen LogP contribution in [0.3, 0.4) is 0 Å². The lowest BCUT2D eigenvalue weighted by molar-refractivity contribution is 0.0986. The van der Waals surface area contributed by atoms with Crippen LogP contribution in [0.25, 0.3) is 22.6 Å². The number of halogens is 1. The van der Waals surface area contributed by atoms with Crippen LogP contribution in [0.15, 0.2) is 82.1 Å². The summed E-state index contributed by atoms with van der Waals surface area (Å²) >= 11 is 6.08. The van der Waals surface area contributed by atoms with Gasteiger partial charge in [0, 0.05) is 16.9 Å². The van der Waals surface area contributed by atoms with E-state index in [-0.39, 0.29) is 18.2 Å². The van der Waals surface area contributed by atoms with E-state index in [1.165, 1.54) is 0 Å². The number of pyridine rings is 2. The van der Waals surface area contributed by atoms with E-state index >= 15 is 0 Å². The summed E-state index contributed by atoms with van der Waals surface area (Å²) in [6.07, 6.45) is 3.25. The van der Waals surface area contributed by atoms with Gasteiger partial charge in [-0.3, -0.25) is 9.78 Å². The molecule has 0 fully saturated rings. The molecule has 0 radical (unpaired) electrons. The molecule has 0 spiro atoms. The molecule has 7 nitrogen and oxygen atoms in total. The second-order valence-electron chi connectivity index (χ2n) is 7.17. The van der Waals surface area contributed by atoms with Crippen molar-refractivity contribution in [1.82, 2.24) is 15.1 Å². The molecule has 0 unspecified atom stereocenters. The predicted octanol–water partition coefficient (Wildman–Crippen LogP) is 5.69. The SMILES string of the molecule is Cc1noc2nc(-c3ccco3)cc(C(=O)N(Cc3ccccn3)c3ccc(Cl)cc3)c12. The molecular weight excluding hydrogens is 428 g/mol. The molecule has 4 aromatic heterocycles. The smallest absolute Gasteiger partial charge is 0.259 e. The van der Waals surface area contributed by atoms with Crippen molar-refractivity contribution in [2.45, 2.75) is 13.5 Å². The number of carbonyl (C=O) groups excluding carboxylic acids is 1. The molecule has 8 heteroatoms. The number of aryl methyl sites for hydroxylation is 1. The van der Waals surface area contributed by atoms with Crippen molar-refractivity contribution in [2.24, 2.45) is 0 Å². The van der Waals surface area contributed by atoms with Crippen LogP contribution in [0.2, 0.25) is 5.02 Å². The van der Waals surface area contributed by atoms with Gasteiger partial charge >= 0.3 is 0 Å². The zero-order chi connectivity index (χ0) is 22.1. The predicted molar refractivity (Wildman–Crippen MR) is 120 cm³/mol. The van der Waals surface area contributed by atoms with Crippen LogP contribution in [0, 0.1) is 6.92 Å². The number of hydrogen-bond donors (Lipinski definition) is 0. The van der Waals surface area contributed by atoms with E-state index in [1.54, 1.807) is 66.7 Å². The van der Waals surface area contributed by atoms with Crippen LogP contribution >= 0.6 is 11.6 Å². The van der Waals surface area contributed by atoms with Crippen molar-refractivity contribution in [3.63, 3.8) is 0 Å². The summed E-state index contributed by atoms with van der Waals surface area (Å²) in [5.74, 6) is 0.280. The van der Waals surface area contributed by atoms with Crippen molar-refractivity contribution < 1.29 is 13.7 Å². The normalized spacial score (nSPS) is 11.1. The summed E-state index contributed by atoms with van der Waals surface area (Å²) in [4.78, 5) is 24.5. The van der Waals surface area contributed by atoms with Crippen molar-refractivity contribution in [3.05, 3.63) is 95.1 Å². The lowest BCUT2D eigenvalue weighted by atomic mass is 10.1. The summed E-state index contributed by atoms with van der Waals surface area (Å²) in [6, 6.07) is 17.9. The molecule has 1 amide bonds. The molecule has 5 rings (SSSR count). The Bertz CT molecular complexity index is 1380. The minimum Gasteiger partial charge on any atom is -0.463 e. The Morgan fingerprint density at radius 2 is 1.94 bits per heavy atom. The van der Waals surface area contributed by atoms with Crippen LogP contribution in [0.4, 0.5) is 5.69 Å². The molecule has 0 aliphatic carbocycles. The lowest BCUT2D eigenvalue weighted by Crippen LogP contribution is -2.31. The van der Waals surface area contributed by atoms with Crippen molar-refractivity contribution >= 4 is 34.3 Å². The van der Waals surface area contributed by atoms with Gasteiger partial charge in [-0.2, -0.15) is 0 Å². The average Bonchev–Trinajstić information content (AvgIpc) is 3.48. The minimum absolute atomic E-state index is 0.246. The molecule has 0 aliphatic rings. The van der Waals surface area contributed by atoms with Crippen LogP contribution < -0.4 is 4.90 Å². The van der Waals surface area contributed by atoms with E-state index in [0.717, 1.165) is 5.69 Å². The molecule has 0 bridgehead atoms. The summed E-state index contributed by atoms with van der Waals surface area (Å²) in [7, 11) is 0. The minimum atomic E-state index is -0.246. The maximum Gasteiger partial charge on any atom is 0.259 e. The molecule has 0 saturated carbocycles. The first-order valence-electron chi connectivity index (χ1n) is 9.88. The monoisotopic (exact) mass is 444 g/mol. The van der Waals surface area contributed by atoms with Crippen LogP contribution in [0.5, 0.6) is 0 Å². The maximum absolute atomic E-state index is 14.0. The molecule has 158 valence electrons. The van der Waals surface area contributed by atoms with Crippen LogP contribution in [-0.2, 0) is 6.54 Å². The van der Waals surface area contributed by atoms with Gasteiger partial charge in [0.2, 0.25) is 0 Å². The van der Waals surface area contributed by atoms with E-state index in [1.807, 2.05) is 18.2 Å². The average molecular weight is 445 g/mol. The van der Waals surface area contributed by atoms with Gasteiger partial charge in [-0.15, -0.1) is 0 Å². The number of benzene rings is 1. The first-order chi connectivity index (χ1) is 15.6. The number of nitrogens with zero attached hydrogens (tertiary/aromatic N) is 4. The van der Waals surface area contributed by atoms with E-state index < -0.39 is 0 Å². The van der Waals surface area contributed by atoms with E-state index in [2.05, 4.69) is 15.1 Å². The van der Waals surface area contributed by atoms with Gasteiger partial charge < -0.3 is 13.8 Å². The fraction of sp³-hybridized carbons (Fsp3) is 0.0833.